The number of amides is 1. The lowest BCUT2D eigenvalue weighted by Gasteiger charge is -2.28. The van der Waals surface area contributed by atoms with Crippen LogP contribution in [0.1, 0.15) is 16.8 Å². The van der Waals surface area contributed by atoms with Gasteiger partial charge in [0.05, 0.1) is 30.8 Å². The van der Waals surface area contributed by atoms with E-state index in [9.17, 15) is 18.0 Å². The van der Waals surface area contributed by atoms with Crippen LogP contribution in [0.25, 0.3) is 0 Å². The van der Waals surface area contributed by atoms with Gasteiger partial charge in [-0.3, -0.25) is 4.79 Å². The molecule has 144 valence electrons. The lowest BCUT2D eigenvalue weighted by molar-refractivity contribution is -0.136. The monoisotopic (exact) mass is 385 g/mol. The summed E-state index contributed by atoms with van der Waals surface area (Å²) in [7, 11) is -0.285. The van der Waals surface area contributed by atoms with Gasteiger partial charge in [-0.2, -0.15) is 0 Å². The molecule has 0 unspecified atom stereocenters. The Morgan fingerprint density at radius 2 is 1.88 bits per heavy atom. The van der Waals surface area contributed by atoms with Crippen LogP contribution in [0.2, 0.25) is 0 Å². The molecule has 0 radical (unpaired) electrons. The summed E-state index contributed by atoms with van der Waals surface area (Å²) in [6.07, 6.45) is 0.422. The maximum atomic E-state index is 12.5. The van der Waals surface area contributed by atoms with Crippen molar-refractivity contribution in [2.45, 2.75) is 12.5 Å². The fraction of sp³-hybridized carbons (Fsp3) is 0.529. The van der Waals surface area contributed by atoms with Crippen molar-refractivity contribution in [3.63, 3.8) is 0 Å². The van der Waals surface area contributed by atoms with Crippen LogP contribution in [0.3, 0.4) is 0 Å². The fourth-order valence-corrected chi connectivity index (χ4v) is 4.49. The van der Waals surface area contributed by atoms with Gasteiger partial charge in [0, 0.05) is 19.7 Å². The third-order valence-electron chi connectivity index (χ3n) is 4.14. The average molecular weight is 385 g/mol. The molecule has 1 amide bonds. The van der Waals surface area contributed by atoms with Gasteiger partial charge in [0.1, 0.15) is 5.75 Å². The lowest BCUT2D eigenvalue weighted by atomic mass is 10.2. The highest BCUT2D eigenvalue weighted by Gasteiger charge is 2.34. The number of esters is 1. The van der Waals surface area contributed by atoms with Crippen molar-refractivity contribution < 1.29 is 32.2 Å². The summed E-state index contributed by atoms with van der Waals surface area (Å²) in [4.78, 5) is 25.4. The van der Waals surface area contributed by atoms with Crippen molar-refractivity contribution in [2.24, 2.45) is 0 Å². The molecular weight excluding hydrogens is 362 g/mol. The molecule has 1 heterocycles. The predicted molar refractivity (Wildman–Crippen MR) is 93.9 cm³/mol. The van der Waals surface area contributed by atoms with Crippen LogP contribution in [-0.2, 0) is 24.1 Å². The van der Waals surface area contributed by atoms with Crippen molar-refractivity contribution in [1.82, 2.24) is 4.90 Å². The van der Waals surface area contributed by atoms with Gasteiger partial charge in [-0.1, -0.05) is 0 Å². The van der Waals surface area contributed by atoms with Crippen LogP contribution in [0, 0.1) is 0 Å². The smallest absolute Gasteiger partial charge is 0.337 e. The number of hydrogen-bond donors (Lipinski definition) is 0. The highest BCUT2D eigenvalue weighted by molar-refractivity contribution is 7.91. The van der Waals surface area contributed by atoms with Crippen LogP contribution in [0.15, 0.2) is 24.3 Å². The van der Waals surface area contributed by atoms with E-state index in [1.54, 1.807) is 12.1 Å². The summed E-state index contributed by atoms with van der Waals surface area (Å²) in [5.41, 5.74) is 0.379. The van der Waals surface area contributed by atoms with Crippen LogP contribution < -0.4 is 4.74 Å². The summed E-state index contributed by atoms with van der Waals surface area (Å²) < 4.78 is 38.5. The lowest BCUT2D eigenvalue weighted by Crippen LogP contribution is -2.45. The minimum atomic E-state index is -3.10. The van der Waals surface area contributed by atoms with Gasteiger partial charge in [-0.25, -0.2) is 13.2 Å². The van der Waals surface area contributed by atoms with Gasteiger partial charge < -0.3 is 19.1 Å². The number of ether oxygens (including phenoxy) is 3. The van der Waals surface area contributed by atoms with Crippen molar-refractivity contribution >= 4 is 21.7 Å². The summed E-state index contributed by atoms with van der Waals surface area (Å²) in [5.74, 6) is -0.278. The Bertz CT molecular complexity index is 730. The molecule has 0 saturated carbocycles. The molecule has 2 rings (SSSR count). The van der Waals surface area contributed by atoms with E-state index in [2.05, 4.69) is 4.74 Å². The molecule has 1 atom stereocenters. The topological polar surface area (TPSA) is 99.2 Å². The van der Waals surface area contributed by atoms with Crippen molar-refractivity contribution in [1.29, 1.82) is 0 Å². The molecule has 1 aliphatic heterocycles. The molecule has 0 aliphatic carbocycles. The van der Waals surface area contributed by atoms with E-state index in [-0.39, 0.29) is 30.1 Å². The number of nitrogens with zero attached hydrogens (tertiary/aromatic N) is 1. The first-order chi connectivity index (χ1) is 12.4. The Balaban J connectivity index is 1.97. The van der Waals surface area contributed by atoms with Crippen LogP contribution >= 0.6 is 0 Å². The number of carbonyl (C=O) groups excluding carboxylic acids is 2. The van der Waals surface area contributed by atoms with E-state index in [0.29, 0.717) is 30.9 Å². The second-order valence-electron chi connectivity index (χ2n) is 5.94. The number of benzene rings is 1. The molecule has 8 nitrogen and oxygen atoms in total. The summed E-state index contributed by atoms with van der Waals surface area (Å²) >= 11 is 0. The van der Waals surface area contributed by atoms with E-state index >= 15 is 0 Å². The largest absolute Gasteiger partial charge is 0.484 e. The minimum absolute atomic E-state index is 0.0315. The Morgan fingerprint density at radius 1 is 1.19 bits per heavy atom. The zero-order chi connectivity index (χ0) is 19.2. The Morgan fingerprint density at radius 3 is 2.42 bits per heavy atom. The van der Waals surface area contributed by atoms with E-state index in [1.165, 1.54) is 31.3 Å². The third-order valence-corrected chi connectivity index (χ3v) is 5.89. The SMILES string of the molecule is COCCN(C(=O)COc1ccc(C(=O)OC)cc1)[C@H]1CCS(=O)(=O)C1. The second kappa shape index (κ2) is 9.00. The number of hydrogen-bond acceptors (Lipinski definition) is 7. The highest BCUT2D eigenvalue weighted by Crippen LogP contribution is 2.19. The van der Waals surface area contributed by atoms with E-state index in [1.807, 2.05) is 0 Å². The molecular formula is C17H23NO7S. The number of sulfone groups is 1. The van der Waals surface area contributed by atoms with E-state index in [4.69, 9.17) is 9.47 Å². The zero-order valence-electron chi connectivity index (χ0n) is 14.8. The first kappa shape index (κ1) is 20.2. The molecule has 0 bridgehead atoms. The van der Waals surface area contributed by atoms with Crippen LogP contribution in [0.5, 0.6) is 5.75 Å². The average Bonchev–Trinajstić information content (AvgIpc) is 2.99. The third kappa shape index (κ3) is 5.43. The molecule has 1 fully saturated rings. The molecule has 0 spiro atoms. The van der Waals surface area contributed by atoms with Crippen molar-refractivity contribution in [3.05, 3.63) is 29.8 Å². The van der Waals surface area contributed by atoms with Crippen LogP contribution in [0.4, 0.5) is 0 Å². The number of carbonyl (C=O) groups is 2. The molecule has 1 aliphatic rings. The predicted octanol–water partition coefficient (Wildman–Crippen LogP) is 0.514. The van der Waals surface area contributed by atoms with Crippen molar-refractivity contribution in [2.75, 3.05) is 45.5 Å². The molecule has 0 N–H and O–H groups in total. The fourth-order valence-electron chi connectivity index (χ4n) is 2.75. The Kier molecular flexibility index (Phi) is 6.98. The Labute approximate surface area is 152 Å². The standard InChI is InChI=1S/C17H23NO7S/c1-23-9-8-18(14-7-10-26(21,22)12-14)16(19)11-25-15-5-3-13(4-6-15)17(20)24-2/h3-6,14H,7-12H2,1-2H3/t14-/m0/s1. The quantitative estimate of drug-likeness (QED) is 0.601. The molecule has 1 aromatic rings. The Hall–Kier alpha value is -2.13. The van der Waals surface area contributed by atoms with Gasteiger partial charge in [-0.05, 0) is 30.7 Å². The maximum Gasteiger partial charge on any atom is 0.337 e. The number of methoxy groups -OCH3 is 2. The van der Waals surface area contributed by atoms with Gasteiger partial charge in [0.2, 0.25) is 0 Å². The van der Waals surface area contributed by atoms with Gasteiger partial charge in [-0.15, -0.1) is 0 Å². The first-order valence-corrected chi connectivity index (χ1v) is 9.98. The normalized spacial score (nSPS) is 18.3. The summed E-state index contributed by atoms with van der Waals surface area (Å²) in [6, 6.07) is 5.86. The van der Waals surface area contributed by atoms with Gasteiger partial charge >= 0.3 is 5.97 Å². The molecule has 0 aromatic heterocycles. The minimum Gasteiger partial charge on any atom is -0.484 e. The molecule has 1 aromatic carbocycles. The first-order valence-electron chi connectivity index (χ1n) is 8.16. The number of rotatable bonds is 8. The van der Waals surface area contributed by atoms with Gasteiger partial charge in [0.15, 0.2) is 16.4 Å². The van der Waals surface area contributed by atoms with Gasteiger partial charge in [0.25, 0.3) is 5.91 Å². The zero-order valence-corrected chi connectivity index (χ0v) is 15.7. The van der Waals surface area contributed by atoms with Crippen molar-refractivity contribution in [3.8, 4) is 5.75 Å². The molecule has 9 heteroatoms. The molecule has 1 saturated heterocycles. The summed E-state index contributed by atoms with van der Waals surface area (Å²) in [5, 5.41) is 0. The second-order valence-corrected chi connectivity index (χ2v) is 8.17. The van der Waals surface area contributed by atoms with E-state index in [0.717, 1.165) is 0 Å². The maximum absolute atomic E-state index is 12.5. The summed E-state index contributed by atoms with van der Waals surface area (Å²) in [6.45, 7) is 0.397. The van der Waals surface area contributed by atoms with E-state index < -0.39 is 15.8 Å². The van der Waals surface area contributed by atoms with Crippen LogP contribution in [-0.4, -0.2) is 76.7 Å². The highest BCUT2D eigenvalue weighted by atomic mass is 32.2. The molecule has 26 heavy (non-hydrogen) atoms.